The summed E-state index contributed by atoms with van der Waals surface area (Å²) in [6.45, 7) is 0.758. The monoisotopic (exact) mass is 239 g/mol. The zero-order chi connectivity index (χ0) is 12.6. The Morgan fingerprint density at radius 3 is 2.00 bits per heavy atom. The topological polar surface area (TPSA) is 26.0 Å². The Labute approximate surface area is 110 Å². The fourth-order valence-electron chi connectivity index (χ4n) is 2.39. The first-order valence-electron chi connectivity index (χ1n) is 6.69. The van der Waals surface area contributed by atoms with Crippen LogP contribution in [0.2, 0.25) is 0 Å². The first kappa shape index (κ1) is 12.8. The Hall–Kier alpha value is -1.60. The molecule has 2 rings (SSSR count). The summed E-state index contributed by atoms with van der Waals surface area (Å²) >= 11 is 0. The average molecular weight is 239 g/mol. The van der Waals surface area contributed by atoms with Crippen LogP contribution in [0.25, 0.3) is 0 Å². The first-order valence-corrected chi connectivity index (χ1v) is 6.69. The van der Waals surface area contributed by atoms with E-state index in [1.165, 1.54) is 17.5 Å². The van der Waals surface area contributed by atoms with Gasteiger partial charge in [-0.2, -0.15) is 0 Å². The van der Waals surface area contributed by atoms with Crippen molar-refractivity contribution >= 4 is 0 Å². The van der Waals surface area contributed by atoms with E-state index in [0.29, 0.717) is 5.92 Å². The first-order chi connectivity index (χ1) is 8.90. The van der Waals surface area contributed by atoms with Crippen molar-refractivity contribution in [3.8, 4) is 0 Å². The van der Waals surface area contributed by atoms with E-state index in [2.05, 4.69) is 60.7 Å². The summed E-state index contributed by atoms with van der Waals surface area (Å²) in [4.78, 5) is 0. The molecule has 2 aromatic rings. The zero-order valence-electron chi connectivity index (χ0n) is 10.8. The minimum absolute atomic E-state index is 0.580. The van der Waals surface area contributed by atoms with Crippen LogP contribution in [0.15, 0.2) is 60.7 Å². The molecule has 2 aromatic carbocycles. The maximum absolute atomic E-state index is 5.74. The summed E-state index contributed by atoms with van der Waals surface area (Å²) in [7, 11) is 0. The molecule has 94 valence electrons. The molecular weight excluding hydrogens is 218 g/mol. The molecule has 1 atom stereocenters. The minimum Gasteiger partial charge on any atom is -0.330 e. The van der Waals surface area contributed by atoms with Gasteiger partial charge in [-0.15, -0.1) is 0 Å². The molecule has 1 nitrogen and oxygen atoms in total. The summed E-state index contributed by atoms with van der Waals surface area (Å²) in [6.07, 6.45) is 3.36. The van der Waals surface area contributed by atoms with E-state index >= 15 is 0 Å². The highest BCUT2D eigenvalue weighted by Crippen LogP contribution is 2.24. The van der Waals surface area contributed by atoms with Crippen molar-refractivity contribution in [2.75, 3.05) is 6.54 Å². The van der Waals surface area contributed by atoms with Crippen LogP contribution < -0.4 is 5.73 Å². The van der Waals surface area contributed by atoms with Gasteiger partial charge in [0.05, 0.1) is 0 Å². The molecular formula is C17H21N. The third kappa shape index (κ3) is 3.71. The van der Waals surface area contributed by atoms with Crippen molar-refractivity contribution in [3.63, 3.8) is 0 Å². The van der Waals surface area contributed by atoms with E-state index in [0.717, 1.165) is 19.4 Å². The summed E-state index contributed by atoms with van der Waals surface area (Å²) in [5, 5.41) is 0. The Balaban J connectivity index is 1.99. The highest BCUT2D eigenvalue weighted by atomic mass is 14.5. The fourth-order valence-corrected chi connectivity index (χ4v) is 2.39. The summed E-state index contributed by atoms with van der Waals surface area (Å²) in [5.74, 6) is 0.580. The maximum atomic E-state index is 5.74. The Bertz CT molecular complexity index is 436. The van der Waals surface area contributed by atoms with E-state index in [1.807, 2.05) is 0 Å². The predicted octanol–water partition coefficient (Wildman–Crippen LogP) is 3.75. The summed E-state index contributed by atoms with van der Waals surface area (Å²) < 4.78 is 0. The van der Waals surface area contributed by atoms with Crippen molar-refractivity contribution in [3.05, 3.63) is 71.8 Å². The lowest BCUT2D eigenvalue weighted by molar-refractivity contribution is 0.584. The molecule has 1 heteroatoms. The third-order valence-electron chi connectivity index (χ3n) is 3.41. The van der Waals surface area contributed by atoms with Crippen molar-refractivity contribution in [2.45, 2.75) is 25.2 Å². The van der Waals surface area contributed by atoms with Gasteiger partial charge in [0.1, 0.15) is 0 Å². The molecule has 0 saturated carbocycles. The van der Waals surface area contributed by atoms with Gasteiger partial charge in [-0.25, -0.2) is 0 Å². The molecule has 0 amide bonds. The molecule has 0 radical (unpaired) electrons. The SMILES string of the molecule is NCC[C@@H](CCc1ccccc1)c1ccccc1. The maximum Gasteiger partial charge on any atom is -0.00714 e. The lowest BCUT2D eigenvalue weighted by atomic mass is 9.90. The van der Waals surface area contributed by atoms with Crippen LogP contribution in [-0.2, 0) is 6.42 Å². The summed E-state index contributed by atoms with van der Waals surface area (Å²) in [6, 6.07) is 21.4. The second-order valence-corrected chi connectivity index (χ2v) is 4.71. The van der Waals surface area contributed by atoms with Gasteiger partial charge in [-0.1, -0.05) is 60.7 Å². The molecule has 0 fully saturated rings. The van der Waals surface area contributed by atoms with Crippen LogP contribution >= 0.6 is 0 Å². The van der Waals surface area contributed by atoms with Gasteiger partial charge in [-0.3, -0.25) is 0 Å². The van der Waals surface area contributed by atoms with Crippen LogP contribution in [-0.4, -0.2) is 6.54 Å². The van der Waals surface area contributed by atoms with Crippen LogP contribution in [0, 0.1) is 0 Å². The molecule has 0 spiro atoms. The number of hydrogen-bond donors (Lipinski definition) is 1. The highest BCUT2D eigenvalue weighted by molar-refractivity contribution is 5.21. The van der Waals surface area contributed by atoms with Crippen molar-refractivity contribution < 1.29 is 0 Å². The van der Waals surface area contributed by atoms with E-state index in [4.69, 9.17) is 5.73 Å². The highest BCUT2D eigenvalue weighted by Gasteiger charge is 2.10. The van der Waals surface area contributed by atoms with E-state index in [1.54, 1.807) is 0 Å². The average Bonchev–Trinajstić information content (AvgIpc) is 2.45. The second kappa shape index (κ2) is 6.97. The van der Waals surface area contributed by atoms with Crippen molar-refractivity contribution in [1.29, 1.82) is 0 Å². The van der Waals surface area contributed by atoms with Gasteiger partial charge in [0.2, 0.25) is 0 Å². The Morgan fingerprint density at radius 2 is 1.39 bits per heavy atom. The largest absolute Gasteiger partial charge is 0.330 e. The van der Waals surface area contributed by atoms with Crippen LogP contribution in [0.5, 0.6) is 0 Å². The molecule has 0 aliphatic carbocycles. The lowest BCUT2D eigenvalue weighted by Crippen LogP contribution is -2.08. The van der Waals surface area contributed by atoms with Gasteiger partial charge in [0.25, 0.3) is 0 Å². The van der Waals surface area contributed by atoms with Crippen LogP contribution in [0.3, 0.4) is 0 Å². The van der Waals surface area contributed by atoms with Crippen LogP contribution in [0.1, 0.15) is 29.9 Å². The third-order valence-corrected chi connectivity index (χ3v) is 3.41. The predicted molar refractivity (Wildman–Crippen MR) is 77.6 cm³/mol. The van der Waals surface area contributed by atoms with Crippen molar-refractivity contribution in [2.24, 2.45) is 5.73 Å². The van der Waals surface area contributed by atoms with Gasteiger partial charge >= 0.3 is 0 Å². The van der Waals surface area contributed by atoms with Gasteiger partial charge in [0, 0.05) is 0 Å². The number of nitrogens with two attached hydrogens (primary N) is 1. The number of hydrogen-bond acceptors (Lipinski definition) is 1. The molecule has 18 heavy (non-hydrogen) atoms. The Kier molecular flexibility index (Phi) is 4.98. The quantitative estimate of drug-likeness (QED) is 0.816. The van der Waals surface area contributed by atoms with E-state index in [-0.39, 0.29) is 0 Å². The summed E-state index contributed by atoms with van der Waals surface area (Å²) in [5.41, 5.74) is 8.56. The van der Waals surface area contributed by atoms with Gasteiger partial charge in [0.15, 0.2) is 0 Å². The second-order valence-electron chi connectivity index (χ2n) is 4.71. The molecule has 2 N–H and O–H groups in total. The number of rotatable bonds is 6. The normalized spacial score (nSPS) is 12.3. The van der Waals surface area contributed by atoms with Gasteiger partial charge in [-0.05, 0) is 42.9 Å². The molecule has 0 bridgehead atoms. The lowest BCUT2D eigenvalue weighted by Gasteiger charge is -2.16. The standard InChI is InChI=1S/C17H21N/c18-14-13-17(16-9-5-2-6-10-16)12-11-15-7-3-1-4-8-15/h1-10,17H,11-14,18H2/t17-/m1/s1. The molecule has 0 aromatic heterocycles. The number of aryl methyl sites for hydroxylation is 1. The molecule has 0 unspecified atom stereocenters. The van der Waals surface area contributed by atoms with E-state index < -0.39 is 0 Å². The minimum atomic E-state index is 0.580. The molecule has 0 aliphatic heterocycles. The Morgan fingerprint density at radius 1 is 0.778 bits per heavy atom. The molecule has 0 aliphatic rings. The smallest absolute Gasteiger partial charge is 0.00714 e. The number of benzene rings is 2. The van der Waals surface area contributed by atoms with Crippen molar-refractivity contribution in [1.82, 2.24) is 0 Å². The van der Waals surface area contributed by atoms with Crippen LogP contribution in [0.4, 0.5) is 0 Å². The zero-order valence-corrected chi connectivity index (χ0v) is 10.8. The van der Waals surface area contributed by atoms with E-state index in [9.17, 15) is 0 Å². The molecule has 0 saturated heterocycles. The fraction of sp³-hybridized carbons (Fsp3) is 0.294. The van der Waals surface area contributed by atoms with Gasteiger partial charge < -0.3 is 5.73 Å². The molecule has 0 heterocycles.